The highest BCUT2D eigenvalue weighted by Gasteiger charge is 2.56. The molecule has 1 amide bonds. The molecule has 0 aromatic heterocycles. The largest absolute Gasteiger partial charge is 0.325 e. The molecule has 2 aromatic carbocycles. The minimum atomic E-state index is -0.995. The van der Waals surface area contributed by atoms with Crippen LogP contribution >= 0.6 is 23.2 Å². The number of amides is 1. The highest BCUT2D eigenvalue weighted by atomic mass is 35.5. The number of rotatable bonds is 2. The first kappa shape index (κ1) is 18.0. The summed E-state index contributed by atoms with van der Waals surface area (Å²) >= 11 is 12.4. The summed E-state index contributed by atoms with van der Waals surface area (Å²) in [4.78, 5) is 25.9. The van der Waals surface area contributed by atoms with Crippen molar-refractivity contribution in [2.45, 2.75) is 24.7 Å². The lowest BCUT2D eigenvalue weighted by molar-refractivity contribution is -0.121. The second-order valence-electron chi connectivity index (χ2n) is 6.83. The summed E-state index contributed by atoms with van der Waals surface area (Å²) in [5.41, 5.74) is 2.07. The van der Waals surface area contributed by atoms with Crippen LogP contribution in [0.4, 0.5) is 5.69 Å². The Balaban J connectivity index is 2.04. The molecule has 136 valence electrons. The lowest BCUT2D eigenvalue weighted by atomic mass is 9.59. The summed E-state index contributed by atoms with van der Waals surface area (Å²) in [6.07, 6.45) is 5.52. The van der Waals surface area contributed by atoms with E-state index in [2.05, 4.69) is 5.32 Å². The second kappa shape index (κ2) is 6.66. The van der Waals surface area contributed by atoms with Gasteiger partial charge < -0.3 is 5.32 Å². The molecule has 0 radical (unpaired) electrons. The highest BCUT2D eigenvalue weighted by molar-refractivity contribution is 6.31. The molecule has 0 bridgehead atoms. The normalized spacial score (nSPS) is 24.3. The molecule has 0 unspecified atom stereocenters. The third-order valence-electron chi connectivity index (χ3n) is 5.31. The van der Waals surface area contributed by atoms with Gasteiger partial charge in [0.2, 0.25) is 5.91 Å². The molecule has 1 heterocycles. The van der Waals surface area contributed by atoms with Gasteiger partial charge in [-0.1, -0.05) is 53.6 Å². The van der Waals surface area contributed by atoms with E-state index in [0.717, 1.165) is 11.1 Å². The van der Waals surface area contributed by atoms with Gasteiger partial charge in [-0.15, -0.1) is 0 Å². The maximum atomic E-state index is 13.4. The first-order valence-electron chi connectivity index (χ1n) is 8.71. The molecule has 4 rings (SSSR count). The van der Waals surface area contributed by atoms with Gasteiger partial charge in [0.15, 0.2) is 5.78 Å². The van der Waals surface area contributed by atoms with E-state index in [1.54, 1.807) is 24.3 Å². The number of nitrogens with one attached hydrogen (secondary N) is 1. The Kier molecular flexibility index (Phi) is 4.45. The van der Waals surface area contributed by atoms with E-state index in [9.17, 15) is 9.59 Å². The van der Waals surface area contributed by atoms with Gasteiger partial charge in [0.1, 0.15) is 5.41 Å². The summed E-state index contributed by atoms with van der Waals surface area (Å²) < 4.78 is 0. The zero-order valence-corrected chi connectivity index (χ0v) is 16.1. The highest BCUT2D eigenvalue weighted by Crippen LogP contribution is 2.55. The Morgan fingerprint density at radius 3 is 2.63 bits per heavy atom. The number of benzene rings is 2. The van der Waals surface area contributed by atoms with Crippen molar-refractivity contribution in [1.82, 2.24) is 0 Å². The fourth-order valence-electron chi connectivity index (χ4n) is 4.29. The van der Waals surface area contributed by atoms with E-state index in [1.165, 1.54) is 0 Å². The van der Waals surface area contributed by atoms with E-state index in [4.69, 9.17) is 23.2 Å². The van der Waals surface area contributed by atoms with E-state index < -0.39 is 5.41 Å². The smallest absolute Gasteiger partial charge is 0.240 e. The van der Waals surface area contributed by atoms with Crippen LogP contribution in [0.15, 0.2) is 66.3 Å². The lowest BCUT2D eigenvalue weighted by Gasteiger charge is -2.40. The van der Waals surface area contributed by atoms with Crippen LogP contribution in [0.2, 0.25) is 10.0 Å². The zero-order valence-electron chi connectivity index (χ0n) is 14.6. The molecule has 2 atom stereocenters. The Morgan fingerprint density at radius 2 is 1.89 bits per heavy atom. The van der Waals surface area contributed by atoms with Crippen molar-refractivity contribution in [2.75, 3.05) is 5.32 Å². The molecule has 0 saturated carbocycles. The summed E-state index contributed by atoms with van der Waals surface area (Å²) in [5, 5.41) is 4.10. The van der Waals surface area contributed by atoms with Gasteiger partial charge in [-0.3, -0.25) is 9.59 Å². The molecule has 2 aliphatic rings. The van der Waals surface area contributed by atoms with Crippen molar-refractivity contribution in [1.29, 1.82) is 0 Å². The zero-order chi connectivity index (χ0) is 19.2. The van der Waals surface area contributed by atoms with Gasteiger partial charge in [0, 0.05) is 28.1 Å². The van der Waals surface area contributed by atoms with E-state index in [-0.39, 0.29) is 24.0 Å². The Hall–Kier alpha value is -2.36. The lowest BCUT2D eigenvalue weighted by Crippen LogP contribution is -2.45. The number of carbonyl (C=O) groups excluding carboxylic acids is 2. The molecule has 2 aromatic rings. The van der Waals surface area contributed by atoms with Gasteiger partial charge >= 0.3 is 0 Å². The van der Waals surface area contributed by atoms with Crippen LogP contribution in [0.5, 0.6) is 0 Å². The molecule has 1 N–H and O–H groups in total. The minimum absolute atomic E-state index is 0.00564. The Morgan fingerprint density at radius 1 is 1.11 bits per heavy atom. The molecular weight excluding hydrogens is 381 g/mol. The third-order valence-corrected chi connectivity index (χ3v) is 5.78. The van der Waals surface area contributed by atoms with Gasteiger partial charge in [0.25, 0.3) is 0 Å². The van der Waals surface area contributed by atoms with Crippen molar-refractivity contribution in [3.63, 3.8) is 0 Å². The van der Waals surface area contributed by atoms with Crippen LogP contribution < -0.4 is 5.32 Å². The molecule has 1 aliphatic carbocycles. The van der Waals surface area contributed by atoms with Crippen LogP contribution in [0.25, 0.3) is 0 Å². The number of hydrogen-bond donors (Lipinski definition) is 1. The number of fused-ring (bicyclic) bond motifs is 2. The maximum Gasteiger partial charge on any atom is 0.240 e. The van der Waals surface area contributed by atoms with Crippen LogP contribution in [0, 0.1) is 0 Å². The molecule has 0 saturated heterocycles. The number of allylic oxidation sites excluding steroid dienone is 3. The fraction of sp³-hybridized carbons (Fsp3) is 0.182. The summed E-state index contributed by atoms with van der Waals surface area (Å²) in [6.45, 7) is 1.87. The number of hydrogen-bond acceptors (Lipinski definition) is 2. The molecule has 27 heavy (non-hydrogen) atoms. The fourth-order valence-corrected chi connectivity index (χ4v) is 4.66. The van der Waals surface area contributed by atoms with Crippen LogP contribution in [-0.4, -0.2) is 11.7 Å². The van der Waals surface area contributed by atoms with Crippen LogP contribution in [0.1, 0.15) is 30.4 Å². The average molecular weight is 398 g/mol. The summed E-state index contributed by atoms with van der Waals surface area (Å²) in [7, 11) is 0. The first-order chi connectivity index (χ1) is 13.0. The number of ketones is 1. The Labute approximate surface area is 167 Å². The van der Waals surface area contributed by atoms with E-state index >= 15 is 0 Å². The van der Waals surface area contributed by atoms with Gasteiger partial charge in [-0.25, -0.2) is 0 Å². The SMILES string of the molecule is C/C=C/C1=CC(=O)C[C@@H](c2cccc(Cl)c2)[C@]12C(=O)Nc1cc(Cl)ccc12. The number of anilines is 1. The monoisotopic (exact) mass is 397 g/mol. The molecule has 5 heteroatoms. The molecule has 1 spiro atoms. The number of carbonyl (C=O) groups is 2. The number of halogens is 2. The van der Waals surface area contributed by atoms with Crippen molar-refractivity contribution >= 4 is 40.6 Å². The summed E-state index contributed by atoms with van der Waals surface area (Å²) in [5.74, 6) is -0.516. The van der Waals surface area contributed by atoms with Gasteiger partial charge in [-0.2, -0.15) is 0 Å². The first-order valence-corrected chi connectivity index (χ1v) is 9.47. The van der Waals surface area contributed by atoms with Crippen LogP contribution in [0.3, 0.4) is 0 Å². The topological polar surface area (TPSA) is 46.2 Å². The predicted octanol–water partition coefficient (Wildman–Crippen LogP) is 5.44. The van der Waals surface area contributed by atoms with E-state index in [1.807, 2.05) is 43.3 Å². The van der Waals surface area contributed by atoms with Crippen molar-refractivity contribution in [3.8, 4) is 0 Å². The Bertz CT molecular complexity index is 1020. The van der Waals surface area contributed by atoms with Crippen molar-refractivity contribution in [2.24, 2.45) is 0 Å². The molecule has 0 fully saturated rings. The molecule has 3 nitrogen and oxygen atoms in total. The molecular formula is C22H17Cl2NO2. The quantitative estimate of drug-likeness (QED) is 0.732. The van der Waals surface area contributed by atoms with Gasteiger partial charge in [0.05, 0.1) is 0 Å². The average Bonchev–Trinajstić information content (AvgIpc) is 2.90. The minimum Gasteiger partial charge on any atom is -0.325 e. The summed E-state index contributed by atoms with van der Waals surface area (Å²) in [6, 6.07) is 12.8. The predicted molar refractivity (Wildman–Crippen MR) is 108 cm³/mol. The van der Waals surface area contributed by atoms with Crippen LogP contribution in [-0.2, 0) is 15.0 Å². The maximum absolute atomic E-state index is 13.4. The molecule has 1 aliphatic heterocycles. The van der Waals surface area contributed by atoms with Crippen molar-refractivity contribution in [3.05, 3.63) is 87.4 Å². The standard InChI is InChI=1S/C22H17Cl2NO2/c1-2-4-14-10-17(26)12-19(13-5-3-6-15(23)9-13)22(14)18-8-7-16(24)11-20(18)25-21(22)27/h2-11,19H,12H2,1H3,(H,25,27)/b4-2+/t19-,22-/m0/s1. The van der Waals surface area contributed by atoms with E-state index in [0.29, 0.717) is 21.3 Å². The van der Waals surface area contributed by atoms with Crippen molar-refractivity contribution < 1.29 is 9.59 Å². The third kappa shape index (κ3) is 2.73. The van der Waals surface area contributed by atoms with Gasteiger partial charge in [-0.05, 0) is 54.0 Å². The second-order valence-corrected chi connectivity index (χ2v) is 7.70.